The second-order valence-electron chi connectivity index (χ2n) is 3.61. The van der Waals surface area contributed by atoms with Crippen LogP contribution in [0.4, 0.5) is 0 Å². The van der Waals surface area contributed by atoms with Crippen molar-refractivity contribution in [3.63, 3.8) is 0 Å². The molecule has 0 heteroatoms. The molecule has 1 rings (SSSR count). The average molecular weight is 152 g/mol. The van der Waals surface area contributed by atoms with Crippen LogP contribution in [0.2, 0.25) is 0 Å². The van der Waals surface area contributed by atoms with Gasteiger partial charge in [0.15, 0.2) is 0 Å². The Morgan fingerprint density at radius 2 is 2.18 bits per heavy atom. The molecule has 0 saturated heterocycles. The van der Waals surface area contributed by atoms with E-state index in [9.17, 15) is 0 Å². The van der Waals surface area contributed by atoms with Gasteiger partial charge in [0.2, 0.25) is 0 Å². The summed E-state index contributed by atoms with van der Waals surface area (Å²) < 4.78 is 0. The normalized spacial score (nSPS) is 30.6. The molecule has 0 amide bonds. The minimum absolute atomic E-state index is 0.977. The van der Waals surface area contributed by atoms with Crippen LogP contribution in [0, 0.1) is 11.8 Å². The molecule has 1 aliphatic rings. The molecule has 1 aliphatic carbocycles. The van der Waals surface area contributed by atoms with Gasteiger partial charge in [0.05, 0.1) is 0 Å². The van der Waals surface area contributed by atoms with Crippen LogP contribution in [-0.2, 0) is 0 Å². The zero-order valence-electron chi connectivity index (χ0n) is 8.06. The van der Waals surface area contributed by atoms with E-state index in [0.717, 1.165) is 11.8 Å². The second kappa shape index (κ2) is 3.94. The minimum atomic E-state index is 0.977. The molecule has 0 spiro atoms. The Morgan fingerprint density at radius 1 is 1.45 bits per heavy atom. The zero-order valence-corrected chi connectivity index (χ0v) is 8.06. The van der Waals surface area contributed by atoms with Crippen LogP contribution in [0.15, 0.2) is 11.6 Å². The molecular weight excluding hydrogens is 132 g/mol. The fraction of sp³-hybridized carbons (Fsp3) is 0.818. The highest BCUT2D eigenvalue weighted by molar-refractivity contribution is 5.14. The summed E-state index contributed by atoms with van der Waals surface area (Å²) in [6.07, 6.45) is 7.87. The molecule has 1 saturated carbocycles. The quantitative estimate of drug-likeness (QED) is 0.538. The first-order chi connectivity index (χ1) is 5.33. The van der Waals surface area contributed by atoms with Gasteiger partial charge < -0.3 is 0 Å². The first kappa shape index (κ1) is 8.83. The van der Waals surface area contributed by atoms with E-state index in [4.69, 9.17) is 0 Å². The van der Waals surface area contributed by atoms with E-state index < -0.39 is 0 Å². The SMILES string of the molecule is CC=C(CC)C1CC1CCC. The first-order valence-electron chi connectivity index (χ1n) is 4.98. The van der Waals surface area contributed by atoms with Gasteiger partial charge in [0, 0.05) is 0 Å². The molecular formula is C11H20. The van der Waals surface area contributed by atoms with Crippen LogP contribution >= 0.6 is 0 Å². The van der Waals surface area contributed by atoms with E-state index in [2.05, 4.69) is 26.8 Å². The fourth-order valence-corrected chi connectivity index (χ4v) is 2.07. The van der Waals surface area contributed by atoms with Crippen LogP contribution in [0.5, 0.6) is 0 Å². The van der Waals surface area contributed by atoms with Crippen molar-refractivity contribution in [1.29, 1.82) is 0 Å². The summed E-state index contributed by atoms with van der Waals surface area (Å²) in [5.74, 6) is 2.02. The van der Waals surface area contributed by atoms with Crippen LogP contribution in [0.3, 0.4) is 0 Å². The third-order valence-electron chi connectivity index (χ3n) is 2.84. The van der Waals surface area contributed by atoms with Gasteiger partial charge in [-0.05, 0) is 31.6 Å². The molecule has 0 N–H and O–H groups in total. The van der Waals surface area contributed by atoms with Crippen molar-refractivity contribution in [3.05, 3.63) is 11.6 Å². The number of hydrogen-bond acceptors (Lipinski definition) is 0. The monoisotopic (exact) mass is 152 g/mol. The van der Waals surface area contributed by atoms with Crippen molar-refractivity contribution in [2.24, 2.45) is 11.8 Å². The van der Waals surface area contributed by atoms with E-state index in [1.807, 2.05) is 0 Å². The molecule has 0 nitrogen and oxygen atoms in total. The number of allylic oxidation sites excluding steroid dienone is 2. The van der Waals surface area contributed by atoms with Crippen LogP contribution in [-0.4, -0.2) is 0 Å². The molecule has 0 aromatic carbocycles. The largest absolute Gasteiger partial charge is 0.0882 e. The Hall–Kier alpha value is -0.260. The maximum Gasteiger partial charge on any atom is -0.0172 e. The van der Waals surface area contributed by atoms with E-state index in [1.54, 1.807) is 5.57 Å². The van der Waals surface area contributed by atoms with Crippen LogP contribution < -0.4 is 0 Å². The Kier molecular flexibility index (Phi) is 3.16. The van der Waals surface area contributed by atoms with Gasteiger partial charge in [0.1, 0.15) is 0 Å². The molecule has 0 bridgehead atoms. The van der Waals surface area contributed by atoms with E-state index in [0.29, 0.717) is 0 Å². The summed E-state index contributed by atoms with van der Waals surface area (Å²) in [6.45, 7) is 6.74. The van der Waals surface area contributed by atoms with Crippen LogP contribution in [0.1, 0.15) is 46.5 Å². The topological polar surface area (TPSA) is 0 Å². The number of hydrogen-bond donors (Lipinski definition) is 0. The predicted molar refractivity (Wildman–Crippen MR) is 50.6 cm³/mol. The number of rotatable bonds is 4. The second-order valence-corrected chi connectivity index (χ2v) is 3.61. The summed E-state index contributed by atoms with van der Waals surface area (Å²) in [7, 11) is 0. The molecule has 2 unspecified atom stereocenters. The highest BCUT2D eigenvalue weighted by Gasteiger charge is 2.37. The Balaban J connectivity index is 2.30. The molecule has 2 atom stereocenters. The van der Waals surface area contributed by atoms with Gasteiger partial charge in [-0.1, -0.05) is 38.3 Å². The molecule has 0 aromatic heterocycles. The fourth-order valence-electron chi connectivity index (χ4n) is 2.07. The van der Waals surface area contributed by atoms with Gasteiger partial charge in [-0.3, -0.25) is 0 Å². The van der Waals surface area contributed by atoms with Crippen molar-refractivity contribution in [3.8, 4) is 0 Å². The highest BCUT2D eigenvalue weighted by atomic mass is 14.4. The van der Waals surface area contributed by atoms with Crippen molar-refractivity contribution in [2.75, 3.05) is 0 Å². The molecule has 0 aromatic rings. The molecule has 64 valence electrons. The van der Waals surface area contributed by atoms with Crippen molar-refractivity contribution >= 4 is 0 Å². The lowest BCUT2D eigenvalue weighted by Gasteiger charge is -2.01. The zero-order chi connectivity index (χ0) is 8.27. The molecule has 11 heavy (non-hydrogen) atoms. The van der Waals surface area contributed by atoms with E-state index in [1.165, 1.54) is 25.7 Å². The van der Waals surface area contributed by atoms with Gasteiger partial charge in [0.25, 0.3) is 0 Å². The van der Waals surface area contributed by atoms with Crippen LogP contribution in [0.25, 0.3) is 0 Å². The Labute approximate surface area is 70.7 Å². The van der Waals surface area contributed by atoms with Gasteiger partial charge in [-0.2, -0.15) is 0 Å². The van der Waals surface area contributed by atoms with Crippen molar-refractivity contribution in [2.45, 2.75) is 46.5 Å². The highest BCUT2D eigenvalue weighted by Crippen LogP contribution is 2.47. The standard InChI is InChI=1S/C11H20/c1-4-7-10-8-11(10)9(5-2)6-3/h5,10-11H,4,6-8H2,1-3H3. The molecule has 0 radical (unpaired) electrons. The van der Waals surface area contributed by atoms with Gasteiger partial charge in [-0.15, -0.1) is 0 Å². The van der Waals surface area contributed by atoms with E-state index in [-0.39, 0.29) is 0 Å². The smallest absolute Gasteiger partial charge is 0.0172 e. The predicted octanol–water partition coefficient (Wildman–Crippen LogP) is 3.78. The summed E-state index contributed by atoms with van der Waals surface area (Å²) in [4.78, 5) is 0. The van der Waals surface area contributed by atoms with E-state index >= 15 is 0 Å². The van der Waals surface area contributed by atoms with Crippen molar-refractivity contribution < 1.29 is 0 Å². The lowest BCUT2D eigenvalue weighted by atomic mass is 10.1. The van der Waals surface area contributed by atoms with Gasteiger partial charge in [-0.25, -0.2) is 0 Å². The molecule has 0 heterocycles. The summed E-state index contributed by atoms with van der Waals surface area (Å²) >= 11 is 0. The summed E-state index contributed by atoms with van der Waals surface area (Å²) in [5.41, 5.74) is 1.70. The minimum Gasteiger partial charge on any atom is -0.0882 e. The lowest BCUT2D eigenvalue weighted by molar-refractivity contribution is 0.660. The molecule has 0 aliphatic heterocycles. The maximum absolute atomic E-state index is 2.32. The first-order valence-corrected chi connectivity index (χ1v) is 4.98. The van der Waals surface area contributed by atoms with Crippen molar-refractivity contribution in [1.82, 2.24) is 0 Å². The lowest BCUT2D eigenvalue weighted by Crippen LogP contribution is -1.87. The Morgan fingerprint density at radius 3 is 2.64 bits per heavy atom. The third-order valence-corrected chi connectivity index (χ3v) is 2.84. The summed E-state index contributed by atoms with van der Waals surface area (Å²) in [5, 5.41) is 0. The Bertz CT molecular complexity index is 144. The average Bonchev–Trinajstić information content (AvgIpc) is 2.72. The summed E-state index contributed by atoms with van der Waals surface area (Å²) in [6, 6.07) is 0. The van der Waals surface area contributed by atoms with Gasteiger partial charge >= 0.3 is 0 Å². The molecule has 1 fully saturated rings. The third kappa shape index (κ3) is 2.08. The maximum atomic E-state index is 2.32.